The van der Waals surface area contributed by atoms with Crippen LogP contribution >= 0.6 is 0 Å². The van der Waals surface area contributed by atoms with Crippen LogP contribution in [0.1, 0.15) is 54.2 Å². The summed E-state index contributed by atoms with van der Waals surface area (Å²) in [5, 5.41) is 5.46. The molecule has 0 saturated carbocycles. The molecule has 6 aromatic rings. The van der Waals surface area contributed by atoms with Crippen molar-refractivity contribution in [3.63, 3.8) is 0 Å². The van der Waals surface area contributed by atoms with E-state index in [4.69, 9.17) is 0 Å². The predicted molar refractivity (Wildman–Crippen MR) is 190 cm³/mol. The van der Waals surface area contributed by atoms with Gasteiger partial charge in [0, 0.05) is 0 Å². The molecule has 0 aliphatic heterocycles. The molecule has 6 aromatic carbocycles. The Morgan fingerprint density at radius 1 is 0.533 bits per heavy atom. The number of aryl methyl sites for hydroxylation is 6. The summed E-state index contributed by atoms with van der Waals surface area (Å²) in [4.78, 5) is 0. The second kappa shape index (κ2) is 18.2. The van der Waals surface area contributed by atoms with Crippen LogP contribution in [-0.4, -0.2) is 5.43 Å². The van der Waals surface area contributed by atoms with Gasteiger partial charge in [0.1, 0.15) is 0 Å². The summed E-state index contributed by atoms with van der Waals surface area (Å²) in [7, 11) is 0. The van der Waals surface area contributed by atoms with Gasteiger partial charge in [0.25, 0.3) is 0 Å². The van der Waals surface area contributed by atoms with Crippen molar-refractivity contribution < 1.29 is 48.1 Å². The topological polar surface area (TPSA) is 0 Å². The predicted octanol–water partition coefficient (Wildman–Crippen LogP) is 6.13. The van der Waals surface area contributed by atoms with Crippen molar-refractivity contribution in [1.82, 2.24) is 0 Å². The maximum Gasteiger partial charge on any atom is -0.0279 e. The van der Waals surface area contributed by atoms with Crippen LogP contribution < -0.4 is 24.8 Å². The van der Waals surface area contributed by atoms with Gasteiger partial charge in [-0.1, -0.05) is 108 Å². The van der Waals surface area contributed by atoms with E-state index in [1.165, 1.54) is 89.3 Å². The standard InChI is InChI=1S/C19H19.C18H17.C4H10Si.2ClH.Zr/c1-4-15-11-17-9-14(3)10-18(19(17)12-15)16-7-5-13(2)6-8-16;1-12-4-6-15(7-5-12)17-10-13(2)8-16-9-14(3)11-18(16)17;1-3-5-4-2;;;/h5-12H,4H2,1-3H3;4-11H,1-3H3;3-4H2,1-2H3;2*1H;/q2*-1;;;;+2/p-2. The van der Waals surface area contributed by atoms with Crippen molar-refractivity contribution in [3.05, 3.63) is 130 Å². The maximum absolute atomic E-state index is 2.34. The smallest absolute Gasteiger partial charge is 0.0279 e. The number of hydrogen-bond donors (Lipinski definition) is 0. The average molecular weight is 729 g/mol. The van der Waals surface area contributed by atoms with Crippen LogP contribution in [0.2, 0.25) is 12.1 Å². The Morgan fingerprint density at radius 2 is 0.956 bits per heavy atom. The molecule has 0 bridgehead atoms. The first-order valence-corrected chi connectivity index (χ1v) is 21.3. The minimum Gasteiger partial charge on any atom is -1.00 e. The van der Waals surface area contributed by atoms with Crippen LogP contribution in [0.15, 0.2) is 97.1 Å². The molecule has 45 heavy (non-hydrogen) atoms. The van der Waals surface area contributed by atoms with Crippen molar-refractivity contribution in [2.75, 3.05) is 0 Å². The molecule has 0 saturated heterocycles. The Labute approximate surface area is 299 Å². The van der Waals surface area contributed by atoms with E-state index >= 15 is 0 Å². The van der Waals surface area contributed by atoms with E-state index in [-0.39, 0.29) is 30.2 Å². The molecular formula is C41H46Cl2SiZr-2. The van der Waals surface area contributed by atoms with E-state index in [9.17, 15) is 0 Å². The van der Waals surface area contributed by atoms with Crippen LogP contribution in [0, 0.1) is 34.6 Å². The minimum atomic E-state index is 0. The molecule has 0 radical (unpaired) electrons. The van der Waals surface area contributed by atoms with Crippen LogP contribution in [0.3, 0.4) is 0 Å². The van der Waals surface area contributed by atoms with Crippen LogP contribution in [0.25, 0.3) is 43.8 Å². The molecule has 4 heteroatoms. The van der Waals surface area contributed by atoms with E-state index in [2.05, 4.69) is 152 Å². The molecule has 0 aliphatic rings. The number of hydrogen-bond acceptors (Lipinski definition) is 0. The summed E-state index contributed by atoms with van der Waals surface area (Å²) in [6, 6.07) is 38.9. The molecule has 0 aromatic heterocycles. The zero-order valence-corrected chi connectivity index (χ0v) is 33.1. The quantitative estimate of drug-likeness (QED) is 0.148. The second-order valence-electron chi connectivity index (χ2n) is 11.9. The molecule has 0 N–H and O–H groups in total. The van der Waals surface area contributed by atoms with Crippen LogP contribution in [-0.2, 0) is 29.8 Å². The van der Waals surface area contributed by atoms with Gasteiger partial charge < -0.3 is 24.8 Å². The van der Waals surface area contributed by atoms with Crippen molar-refractivity contribution in [2.45, 2.75) is 73.9 Å². The third-order valence-corrected chi connectivity index (χ3v) is 15.0. The molecule has 0 heterocycles. The van der Waals surface area contributed by atoms with Gasteiger partial charge in [0.15, 0.2) is 0 Å². The largest absolute Gasteiger partial charge is 1.00 e. The van der Waals surface area contributed by atoms with Gasteiger partial charge in [-0.2, -0.15) is 12.1 Å². The summed E-state index contributed by atoms with van der Waals surface area (Å²) >= 11 is 1.80. The normalized spacial score (nSPS) is 10.3. The number of rotatable bonds is 5. The molecule has 6 rings (SSSR count). The summed E-state index contributed by atoms with van der Waals surface area (Å²) in [5.41, 5.74) is 13.6. The van der Waals surface area contributed by atoms with Gasteiger partial charge in [-0.3, -0.25) is 0 Å². The average Bonchev–Trinajstić information content (AvgIpc) is 3.59. The Hall–Kier alpha value is -2.22. The Morgan fingerprint density at radius 3 is 1.36 bits per heavy atom. The number of benzene rings is 4. The summed E-state index contributed by atoms with van der Waals surface area (Å²) in [6.07, 6.45) is 1.10. The first-order chi connectivity index (χ1) is 20.6. The van der Waals surface area contributed by atoms with E-state index < -0.39 is 0 Å². The van der Waals surface area contributed by atoms with Gasteiger partial charge >= 0.3 is 54.7 Å². The minimum absolute atomic E-state index is 0. The fraction of sp³-hybridized carbons (Fsp3) is 0.268. The van der Waals surface area contributed by atoms with Crippen LogP contribution in [0.4, 0.5) is 0 Å². The van der Waals surface area contributed by atoms with Gasteiger partial charge in [-0.15, -0.1) is 56.9 Å². The van der Waals surface area contributed by atoms with E-state index in [0.717, 1.165) is 6.42 Å². The second-order valence-corrected chi connectivity index (χ2v) is 19.8. The van der Waals surface area contributed by atoms with E-state index in [1.54, 1.807) is 23.3 Å². The molecule has 0 amide bonds. The Bertz CT molecular complexity index is 1820. The first-order valence-electron chi connectivity index (χ1n) is 15.7. The molecule has 0 aliphatic carbocycles. The molecule has 0 spiro atoms. The Kier molecular flexibility index (Phi) is 15.8. The van der Waals surface area contributed by atoms with Gasteiger partial charge in [0.2, 0.25) is 0 Å². The molecule has 0 nitrogen and oxygen atoms in total. The fourth-order valence-electron chi connectivity index (χ4n) is 5.55. The molecule has 234 valence electrons. The van der Waals surface area contributed by atoms with E-state index in [1.807, 2.05) is 0 Å². The summed E-state index contributed by atoms with van der Waals surface area (Å²) < 4.78 is 0. The molecular weight excluding hydrogens is 683 g/mol. The third-order valence-electron chi connectivity index (χ3n) is 8.13. The van der Waals surface area contributed by atoms with Gasteiger partial charge in [-0.05, 0) is 45.2 Å². The molecule has 0 fully saturated rings. The maximum atomic E-state index is 2.34. The zero-order valence-electron chi connectivity index (χ0n) is 28.1. The van der Waals surface area contributed by atoms with Crippen molar-refractivity contribution >= 4 is 27.0 Å². The fourth-order valence-corrected chi connectivity index (χ4v) is 6.05. The third kappa shape index (κ3) is 10.4. The van der Waals surface area contributed by atoms with Gasteiger partial charge in [-0.25, -0.2) is 0 Å². The molecule has 0 unspecified atom stereocenters. The van der Waals surface area contributed by atoms with Crippen molar-refractivity contribution in [1.29, 1.82) is 0 Å². The van der Waals surface area contributed by atoms with Crippen molar-refractivity contribution in [2.24, 2.45) is 0 Å². The van der Waals surface area contributed by atoms with Crippen LogP contribution in [0.5, 0.6) is 0 Å². The number of halogens is 2. The number of fused-ring (bicyclic) bond motifs is 2. The molecule has 0 atom stereocenters. The Balaban J connectivity index is 0.000000257. The summed E-state index contributed by atoms with van der Waals surface area (Å²) in [5.74, 6) is 0. The summed E-state index contributed by atoms with van der Waals surface area (Å²) in [6.45, 7) is 17.6. The van der Waals surface area contributed by atoms with Gasteiger partial charge in [0.05, 0.1) is 0 Å². The van der Waals surface area contributed by atoms with Crippen molar-refractivity contribution in [3.8, 4) is 22.3 Å². The first kappa shape index (κ1) is 39.0. The zero-order chi connectivity index (χ0) is 31.1. The monoisotopic (exact) mass is 726 g/mol. The SMILES string of the molecule is CC[Si](=[Zr+2])CC.CCc1cc2c(-c3ccc(C)cc3)cc(C)cc2[cH-]1.Cc1ccc(-c2cc(C)cc3[cH-]c(C)cc23)cc1.[Cl-].[Cl-]. The van der Waals surface area contributed by atoms with E-state index in [0.29, 0.717) is 0 Å².